The van der Waals surface area contributed by atoms with Crippen LogP contribution in [0.15, 0.2) is 12.2 Å². The van der Waals surface area contributed by atoms with Gasteiger partial charge >= 0.3 is 0 Å². The molecule has 1 saturated heterocycles. The van der Waals surface area contributed by atoms with Crippen LogP contribution in [0.2, 0.25) is 0 Å². The summed E-state index contributed by atoms with van der Waals surface area (Å²) in [6.07, 6.45) is 1.03. The average Bonchev–Trinajstić information content (AvgIpc) is 2.98. The first-order valence-electron chi connectivity index (χ1n) is 12.8. The summed E-state index contributed by atoms with van der Waals surface area (Å²) in [6, 6.07) is 0. The van der Waals surface area contributed by atoms with Gasteiger partial charge in [-0.2, -0.15) is 0 Å². The van der Waals surface area contributed by atoms with Gasteiger partial charge in [-0.05, 0) is 75.5 Å². The number of carbonyl (C=O) groups excluding carboxylic acids is 1. The highest BCUT2D eigenvalue weighted by Crippen LogP contribution is 2.67. The molecule has 0 amide bonds. The molecule has 0 unspecified atom stereocenters. The number of Topliss-reactive ketones (excluding diaryl/α,β-unsaturated/α-hetero) is 1. The first-order chi connectivity index (χ1) is 15.9. The normalized spacial score (nSPS) is 48.6. The molecule has 0 aromatic heterocycles. The van der Waals surface area contributed by atoms with Crippen LogP contribution in [0.4, 0.5) is 0 Å². The van der Waals surface area contributed by atoms with Crippen LogP contribution < -0.4 is 0 Å². The number of rotatable bonds is 8. The summed E-state index contributed by atoms with van der Waals surface area (Å²) in [5.41, 5.74) is -0.141. The van der Waals surface area contributed by atoms with Crippen molar-refractivity contribution < 1.29 is 39.8 Å². The maximum Gasteiger partial charge on any atom is 0.187 e. The highest BCUT2D eigenvalue weighted by Gasteiger charge is 2.64. The molecule has 34 heavy (non-hydrogen) atoms. The summed E-state index contributed by atoms with van der Waals surface area (Å²) in [5, 5.41) is 50.1. The van der Waals surface area contributed by atoms with Gasteiger partial charge in [-0.3, -0.25) is 4.79 Å². The summed E-state index contributed by atoms with van der Waals surface area (Å²) in [6.45, 7) is 7.76. The predicted octanol–water partition coefficient (Wildman–Crippen LogP) is 1.46. The van der Waals surface area contributed by atoms with Crippen LogP contribution in [0.1, 0.15) is 71.6 Å². The van der Waals surface area contributed by atoms with Crippen LogP contribution in [-0.4, -0.2) is 80.8 Å². The minimum Gasteiger partial charge on any atom is -0.394 e. The lowest BCUT2D eigenvalue weighted by atomic mass is 9.49. The van der Waals surface area contributed by atoms with E-state index in [1.54, 1.807) is 0 Å². The Morgan fingerprint density at radius 2 is 1.91 bits per heavy atom. The zero-order valence-electron chi connectivity index (χ0n) is 20.5. The number of ether oxygens (including phenoxy) is 2. The van der Waals surface area contributed by atoms with Gasteiger partial charge in [0.05, 0.1) is 18.8 Å². The monoisotopic (exact) mass is 482 g/mol. The van der Waals surface area contributed by atoms with Gasteiger partial charge in [-0.25, -0.2) is 0 Å². The van der Waals surface area contributed by atoms with Crippen molar-refractivity contribution in [2.75, 3.05) is 13.2 Å². The Labute approximate surface area is 202 Å². The minimum absolute atomic E-state index is 0.0817. The third-order valence-corrected chi connectivity index (χ3v) is 9.57. The molecule has 0 aromatic carbocycles. The number of aliphatic hydroxyl groups excluding tert-OH is 4. The number of carbonyl (C=O) groups is 1. The van der Waals surface area contributed by atoms with Crippen molar-refractivity contribution in [2.24, 2.45) is 22.7 Å². The Bertz CT molecular complexity index is 781. The summed E-state index contributed by atoms with van der Waals surface area (Å²) < 4.78 is 11.0. The van der Waals surface area contributed by atoms with Gasteiger partial charge in [0.25, 0.3) is 0 Å². The standard InChI is InChI=1S/C26H42O8/c1-15(13-33-23-22(31)21(30)20(29)17(12-27)34-23)5-4-9-24(2)18-7-6-16-11-26(18,10-8-19(24)28)14-25(16,3)32/h16-18,20-23,27,29-32H,1,4-14H2,2-3H3/t16-,17-,18+,20-,21+,22-,23-,24+,25-,26+/m1/s1. The number of hydrogen-bond acceptors (Lipinski definition) is 8. The second-order valence-corrected chi connectivity index (χ2v) is 11.9. The minimum atomic E-state index is -1.47. The smallest absolute Gasteiger partial charge is 0.187 e. The topological polar surface area (TPSA) is 137 Å². The molecule has 1 aliphatic heterocycles. The maximum atomic E-state index is 13.1. The third kappa shape index (κ3) is 4.51. The largest absolute Gasteiger partial charge is 0.394 e. The Morgan fingerprint density at radius 3 is 2.62 bits per heavy atom. The van der Waals surface area contributed by atoms with Gasteiger partial charge in [0.1, 0.15) is 30.2 Å². The Balaban J connectivity index is 1.30. The molecule has 4 aliphatic rings. The molecule has 3 saturated carbocycles. The van der Waals surface area contributed by atoms with E-state index in [2.05, 4.69) is 13.5 Å². The molecule has 1 spiro atoms. The molecule has 4 rings (SSSR count). The maximum absolute atomic E-state index is 13.1. The number of ketones is 1. The third-order valence-electron chi connectivity index (χ3n) is 9.57. The number of hydrogen-bond donors (Lipinski definition) is 5. The van der Waals surface area contributed by atoms with Crippen LogP contribution in [0, 0.1) is 22.7 Å². The highest BCUT2D eigenvalue weighted by molar-refractivity contribution is 5.86. The first kappa shape index (κ1) is 26.2. The fourth-order valence-corrected chi connectivity index (χ4v) is 7.69. The SMILES string of the molecule is C=C(CCC[C@]1(C)C(=O)CC[C@@]23C[C@@H](CC[C@H]21)[C@](C)(O)C3)CO[C@@H]1O[C@H](CO)[C@@H](O)[C@H](O)[C@H]1O. The summed E-state index contributed by atoms with van der Waals surface area (Å²) in [4.78, 5) is 13.1. The fourth-order valence-electron chi connectivity index (χ4n) is 7.69. The van der Waals surface area contributed by atoms with Crippen LogP contribution in [0.3, 0.4) is 0 Å². The summed E-state index contributed by atoms with van der Waals surface area (Å²) in [5.74, 6) is 1.00. The van der Waals surface area contributed by atoms with E-state index in [0.717, 1.165) is 50.5 Å². The lowest BCUT2D eigenvalue weighted by Crippen LogP contribution is -2.59. The fraction of sp³-hybridized carbons (Fsp3) is 0.885. The molecule has 194 valence electrons. The molecule has 5 N–H and O–H groups in total. The summed E-state index contributed by atoms with van der Waals surface area (Å²) >= 11 is 0. The summed E-state index contributed by atoms with van der Waals surface area (Å²) in [7, 11) is 0. The molecule has 10 atom stereocenters. The molecule has 0 aromatic rings. The number of aliphatic hydroxyl groups is 5. The molecular formula is C26H42O8. The van der Waals surface area contributed by atoms with Gasteiger partial charge < -0.3 is 35.0 Å². The van der Waals surface area contributed by atoms with Crippen molar-refractivity contribution >= 4 is 5.78 Å². The lowest BCUT2D eigenvalue weighted by Gasteiger charge is -2.53. The van der Waals surface area contributed by atoms with Crippen LogP contribution in [-0.2, 0) is 14.3 Å². The quantitative estimate of drug-likeness (QED) is 0.328. The molecule has 8 nitrogen and oxygen atoms in total. The zero-order chi connectivity index (χ0) is 24.9. The lowest BCUT2D eigenvalue weighted by molar-refractivity contribution is -0.299. The van der Waals surface area contributed by atoms with Crippen molar-refractivity contribution in [3.63, 3.8) is 0 Å². The molecule has 3 aliphatic carbocycles. The first-order valence-corrected chi connectivity index (χ1v) is 12.8. The highest BCUT2D eigenvalue weighted by atomic mass is 16.7. The van der Waals surface area contributed by atoms with Crippen molar-refractivity contribution in [1.82, 2.24) is 0 Å². The molecule has 0 radical (unpaired) electrons. The van der Waals surface area contributed by atoms with E-state index >= 15 is 0 Å². The second kappa shape index (κ2) is 9.54. The predicted molar refractivity (Wildman–Crippen MR) is 124 cm³/mol. The van der Waals surface area contributed by atoms with Crippen LogP contribution >= 0.6 is 0 Å². The number of fused-ring (bicyclic) bond motifs is 1. The van der Waals surface area contributed by atoms with E-state index in [9.17, 15) is 30.3 Å². The van der Waals surface area contributed by atoms with Crippen molar-refractivity contribution in [3.8, 4) is 0 Å². The van der Waals surface area contributed by atoms with Crippen LogP contribution in [0.5, 0.6) is 0 Å². The Kier molecular flexibility index (Phi) is 7.35. The molecule has 8 heteroatoms. The van der Waals surface area contributed by atoms with E-state index in [-0.39, 0.29) is 17.4 Å². The zero-order valence-corrected chi connectivity index (χ0v) is 20.5. The second-order valence-electron chi connectivity index (χ2n) is 11.9. The van der Waals surface area contributed by atoms with Crippen LogP contribution in [0.25, 0.3) is 0 Å². The van der Waals surface area contributed by atoms with Crippen molar-refractivity contribution in [3.05, 3.63) is 12.2 Å². The van der Waals surface area contributed by atoms with E-state index in [1.165, 1.54) is 0 Å². The Morgan fingerprint density at radius 1 is 1.18 bits per heavy atom. The average molecular weight is 483 g/mol. The van der Waals surface area contributed by atoms with Crippen molar-refractivity contribution in [2.45, 2.75) is 108 Å². The molecule has 2 bridgehead atoms. The van der Waals surface area contributed by atoms with Gasteiger partial charge in [0.2, 0.25) is 0 Å². The van der Waals surface area contributed by atoms with E-state index in [1.807, 2.05) is 6.92 Å². The Hall–Kier alpha value is -0.870. The molecule has 1 heterocycles. The van der Waals surface area contributed by atoms with Gasteiger partial charge in [0, 0.05) is 11.8 Å². The van der Waals surface area contributed by atoms with E-state index in [4.69, 9.17) is 9.47 Å². The van der Waals surface area contributed by atoms with E-state index < -0.39 is 42.9 Å². The van der Waals surface area contributed by atoms with Gasteiger partial charge in [-0.1, -0.05) is 19.1 Å². The van der Waals surface area contributed by atoms with Gasteiger partial charge in [-0.15, -0.1) is 0 Å². The van der Waals surface area contributed by atoms with Gasteiger partial charge in [0.15, 0.2) is 6.29 Å². The van der Waals surface area contributed by atoms with Crippen molar-refractivity contribution in [1.29, 1.82) is 0 Å². The molecular weight excluding hydrogens is 440 g/mol. The van der Waals surface area contributed by atoms with E-state index in [0.29, 0.717) is 30.5 Å². The molecule has 4 fully saturated rings.